The number of nitrogens with zero attached hydrogens (tertiary/aromatic N) is 2. The lowest BCUT2D eigenvalue weighted by molar-refractivity contribution is -0.122. The summed E-state index contributed by atoms with van der Waals surface area (Å²) in [5.41, 5.74) is 5.45. The Morgan fingerprint density at radius 3 is 2.71 bits per heavy atom. The second kappa shape index (κ2) is 7.11. The molecule has 6 heteroatoms. The number of carbonyl (C=O) groups is 1. The highest BCUT2D eigenvalue weighted by Crippen LogP contribution is 2.10. The van der Waals surface area contributed by atoms with Crippen molar-refractivity contribution in [2.24, 2.45) is 10.9 Å². The first-order chi connectivity index (χ1) is 8.15. The first kappa shape index (κ1) is 13.8. The molecule has 0 unspecified atom stereocenters. The topological polar surface area (TPSA) is 91.0 Å². The fourth-order valence-corrected chi connectivity index (χ4v) is 2.02. The fraction of sp³-hybridized carbons (Fsp3) is 0.818. The van der Waals surface area contributed by atoms with Gasteiger partial charge >= 0.3 is 0 Å². The summed E-state index contributed by atoms with van der Waals surface area (Å²) in [4.78, 5) is 13.5. The summed E-state index contributed by atoms with van der Waals surface area (Å²) in [6, 6.07) is 0.276. The molecule has 0 spiro atoms. The molecule has 17 heavy (non-hydrogen) atoms. The zero-order chi connectivity index (χ0) is 12.7. The Hall–Kier alpha value is -1.30. The van der Waals surface area contributed by atoms with Crippen molar-refractivity contribution < 1.29 is 10.0 Å². The Labute approximate surface area is 102 Å². The largest absolute Gasteiger partial charge is 0.409 e. The van der Waals surface area contributed by atoms with Crippen LogP contribution in [-0.2, 0) is 4.79 Å². The zero-order valence-corrected chi connectivity index (χ0v) is 10.4. The van der Waals surface area contributed by atoms with Crippen molar-refractivity contribution in [1.82, 2.24) is 10.2 Å². The molecule has 1 aliphatic heterocycles. The van der Waals surface area contributed by atoms with E-state index in [-0.39, 0.29) is 17.8 Å². The summed E-state index contributed by atoms with van der Waals surface area (Å²) in [6.45, 7) is 4.23. The molecule has 1 aliphatic rings. The number of hydrogen-bond donors (Lipinski definition) is 3. The average Bonchev–Trinajstić information content (AvgIpc) is 2.32. The molecule has 0 saturated carbocycles. The minimum atomic E-state index is 0.141. The second-order valence-corrected chi connectivity index (χ2v) is 4.46. The third kappa shape index (κ3) is 5.04. The van der Waals surface area contributed by atoms with Crippen LogP contribution in [0.3, 0.4) is 0 Å². The van der Waals surface area contributed by atoms with Gasteiger partial charge in [-0.3, -0.25) is 9.69 Å². The van der Waals surface area contributed by atoms with Gasteiger partial charge in [0.25, 0.3) is 0 Å². The highest BCUT2D eigenvalue weighted by Gasteiger charge is 2.20. The van der Waals surface area contributed by atoms with Crippen LogP contribution >= 0.6 is 0 Å². The monoisotopic (exact) mass is 242 g/mol. The Morgan fingerprint density at radius 1 is 1.53 bits per heavy atom. The number of hydrogen-bond acceptors (Lipinski definition) is 4. The van der Waals surface area contributed by atoms with Crippen molar-refractivity contribution in [1.29, 1.82) is 0 Å². The molecule has 0 atom stereocenters. The van der Waals surface area contributed by atoms with Crippen LogP contribution in [-0.4, -0.2) is 47.5 Å². The molecule has 0 aliphatic carbocycles. The number of amidine groups is 1. The van der Waals surface area contributed by atoms with Gasteiger partial charge in [-0.2, -0.15) is 0 Å². The first-order valence-corrected chi connectivity index (χ1v) is 6.13. The maximum Gasteiger partial charge on any atom is 0.220 e. The van der Waals surface area contributed by atoms with E-state index in [1.807, 2.05) is 6.92 Å². The van der Waals surface area contributed by atoms with E-state index in [0.29, 0.717) is 13.0 Å². The van der Waals surface area contributed by atoms with E-state index in [1.54, 1.807) is 0 Å². The van der Waals surface area contributed by atoms with Crippen LogP contribution < -0.4 is 11.1 Å². The highest BCUT2D eigenvalue weighted by molar-refractivity contribution is 5.81. The maximum atomic E-state index is 11.4. The van der Waals surface area contributed by atoms with Gasteiger partial charge in [-0.1, -0.05) is 12.1 Å². The van der Waals surface area contributed by atoms with Gasteiger partial charge in [0.15, 0.2) is 5.84 Å². The van der Waals surface area contributed by atoms with Gasteiger partial charge in [0.05, 0.1) is 6.54 Å². The van der Waals surface area contributed by atoms with Gasteiger partial charge in [0, 0.05) is 25.6 Å². The average molecular weight is 242 g/mol. The molecule has 6 nitrogen and oxygen atoms in total. The van der Waals surface area contributed by atoms with Crippen LogP contribution in [0.5, 0.6) is 0 Å². The van der Waals surface area contributed by atoms with Gasteiger partial charge < -0.3 is 16.3 Å². The van der Waals surface area contributed by atoms with E-state index in [9.17, 15) is 4.79 Å². The molecule has 0 aromatic rings. The number of nitrogens with one attached hydrogen (secondary N) is 1. The molecule has 98 valence electrons. The standard InChI is InChI=1S/C11H22N4O2/c1-2-3-11(16)13-9-4-6-15(7-5-9)8-10(12)14-17/h9,17H,2-8H2,1H3,(H2,12,14)(H,13,16). The molecule has 0 aromatic heterocycles. The maximum absolute atomic E-state index is 11.4. The third-order valence-corrected chi connectivity index (χ3v) is 2.94. The fourth-order valence-electron chi connectivity index (χ4n) is 2.02. The smallest absolute Gasteiger partial charge is 0.220 e. The second-order valence-electron chi connectivity index (χ2n) is 4.46. The molecular formula is C11H22N4O2. The molecule has 1 heterocycles. The van der Waals surface area contributed by atoms with E-state index in [4.69, 9.17) is 10.9 Å². The molecule has 0 aromatic carbocycles. The number of rotatable bonds is 5. The minimum Gasteiger partial charge on any atom is -0.409 e. The minimum absolute atomic E-state index is 0.141. The lowest BCUT2D eigenvalue weighted by Crippen LogP contribution is -2.46. The number of oxime groups is 1. The van der Waals surface area contributed by atoms with Crippen molar-refractivity contribution in [3.8, 4) is 0 Å². The number of piperidine rings is 1. The van der Waals surface area contributed by atoms with Gasteiger partial charge in [-0.25, -0.2) is 0 Å². The summed E-state index contributed by atoms with van der Waals surface area (Å²) in [5, 5.41) is 14.5. The van der Waals surface area contributed by atoms with Crippen LogP contribution in [0.4, 0.5) is 0 Å². The van der Waals surface area contributed by atoms with Gasteiger partial charge in [0.1, 0.15) is 0 Å². The predicted molar refractivity (Wildman–Crippen MR) is 65.9 cm³/mol. The van der Waals surface area contributed by atoms with E-state index in [2.05, 4.69) is 15.4 Å². The quantitative estimate of drug-likeness (QED) is 0.276. The van der Waals surface area contributed by atoms with Crippen molar-refractivity contribution in [3.05, 3.63) is 0 Å². The Balaban J connectivity index is 2.24. The number of likely N-dealkylation sites (tertiary alicyclic amines) is 1. The molecular weight excluding hydrogens is 220 g/mol. The normalized spacial score (nSPS) is 19.2. The SMILES string of the molecule is CCCC(=O)NC1CCN(CC(N)=NO)CC1. The van der Waals surface area contributed by atoms with Crippen LogP contribution in [0.2, 0.25) is 0 Å². The van der Waals surface area contributed by atoms with Crippen molar-refractivity contribution in [2.75, 3.05) is 19.6 Å². The van der Waals surface area contributed by atoms with Crippen molar-refractivity contribution in [2.45, 2.75) is 38.6 Å². The number of carbonyl (C=O) groups excluding carboxylic acids is 1. The molecule has 1 fully saturated rings. The van der Waals surface area contributed by atoms with E-state index in [1.165, 1.54) is 0 Å². The predicted octanol–water partition coefficient (Wildman–Crippen LogP) is 0.114. The van der Waals surface area contributed by atoms with Crippen LogP contribution in [0, 0.1) is 0 Å². The summed E-state index contributed by atoms with van der Waals surface area (Å²) >= 11 is 0. The molecule has 1 rings (SSSR count). The van der Waals surface area contributed by atoms with E-state index in [0.717, 1.165) is 32.4 Å². The summed E-state index contributed by atoms with van der Waals surface area (Å²) < 4.78 is 0. The van der Waals surface area contributed by atoms with E-state index >= 15 is 0 Å². The first-order valence-electron chi connectivity index (χ1n) is 6.13. The molecule has 4 N–H and O–H groups in total. The Morgan fingerprint density at radius 2 is 2.18 bits per heavy atom. The van der Waals surface area contributed by atoms with Crippen molar-refractivity contribution >= 4 is 11.7 Å². The third-order valence-electron chi connectivity index (χ3n) is 2.94. The molecule has 0 bridgehead atoms. The van der Waals surface area contributed by atoms with Crippen molar-refractivity contribution in [3.63, 3.8) is 0 Å². The Bertz CT molecular complexity index is 273. The lowest BCUT2D eigenvalue weighted by atomic mass is 10.0. The van der Waals surface area contributed by atoms with Crippen LogP contribution in [0.25, 0.3) is 0 Å². The highest BCUT2D eigenvalue weighted by atomic mass is 16.4. The summed E-state index contributed by atoms with van der Waals surface area (Å²) in [7, 11) is 0. The number of nitrogens with two attached hydrogens (primary N) is 1. The lowest BCUT2D eigenvalue weighted by Gasteiger charge is -2.31. The Kier molecular flexibility index (Phi) is 5.76. The zero-order valence-electron chi connectivity index (χ0n) is 10.4. The summed E-state index contributed by atoms with van der Waals surface area (Å²) in [5.74, 6) is 0.376. The molecule has 0 radical (unpaired) electrons. The number of amides is 1. The molecule has 1 saturated heterocycles. The van der Waals surface area contributed by atoms with Crippen LogP contribution in [0.1, 0.15) is 32.6 Å². The molecule has 1 amide bonds. The van der Waals surface area contributed by atoms with Crippen LogP contribution in [0.15, 0.2) is 5.16 Å². The summed E-state index contributed by atoms with van der Waals surface area (Å²) in [6.07, 6.45) is 3.33. The van der Waals surface area contributed by atoms with E-state index < -0.39 is 0 Å². The van der Waals surface area contributed by atoms with Gasteiger partial charge in [-0.05, 0) is 19.3 Å². The van der Waals surface area contributed by atoms with Gasteiger partial charge in [-0.15, -0.1) is 0 Å². The van der Waals surface area contributed by atoms with Gasteiger partial charge in [0.2, 0.25) is 5.91 Å².